The summed E-state index contributed by atoms with van der Waals surface area (Å²) < 4.78 is 26.4. The van der Waals surface area contributed by atoms with Crippen molar-refractivity contribution >= 4 is 33.2 Å². The number of sulfonamides is 1. The van der Waals surface area contributed by atoms with E-state index in [-0.39, 0.29) is 28.0 Å². The fourth-order valence-corrected chi connectivity index (χ4v) is 4.09. The maximum absolute atomic E-state index is 12.6. The highest BCUT2D eigenvalue weighted by Crippen LogP contribution is 2.31. The van der Waals surface area contributed by atoms with Gasteiger partial charge in [0.15, 0.2) is 0 Å². The second-order valence-corrected chi connectivity index (χ2v) is 6.84. The summed E-state index contributed by atoms with van der Waals surface area (Å²) in [6.45, 7) is 2.26. The lowest BCUT2D eigenvalue weighted by Gasteiger charge is -2.20. The number of rotatable bonds is 6. The van der Waals surface area contributed by atoms with Crippen LogP contribution in [0.1, 0.15) is 18.9 Å². The lowest BCUT2D eigenvalue weighted by Crippen LogP contribution is -2.32. The molecule has 1 aromatic carbocycles. The zero-order chi connectivity index (χ0) is 15.3. The quantitative estimate of drug-likeness (QED) is 0.813. The molecule has 0 unspecified atom stereocenters. The molecule has 0 radical (unpaired) electrons. The van der Waals surface area contributed by atoms with E-state index < -0.39 is 10.0 Å². The zero-order valence-corrected chi connectivity index (χ0v) is 13.4. The van der Waals surface area contributed by atoms with Crippen LogP contribution in [0.4, 0.5) is 0 Å². The van der Waals surface area contributed by atoms with Crippen molar-refractivity contribution in [3.05, 3.63) is 27.7 Å². The van der Waals surface area contributed by atoms with E-state index in [4.69, 9.17) is 35.4 Å². The molecule has 0 fully saturated rings. The highest BCUT2D eigenvalue weighted by molar-refractivity contribution is 7.89. The molecule has 0 saturated heterocycles. The Kier molecular flexibility index (Phi) is 6.31. The summed E-state index contributed by atoms with van der Waals surface area (Å²) in [5.41, 5.74) is 6.02. The smallest absolute Gasteiger partial charge is 0.245 e. The number of halogens is 2. The Balaban J connectivity index is 3.41. The van der Waals surface area contributed by atoms with E-state index in [9.17, 15) is 8.42 Å². The van der Waals surface area contributed by atoms with Crippen LogP contribution in [0.25, 0.3) is 0 Å². The molecule has 0 aliphatic rings. The Hall–Kier alpha value is -0.770. The minimum Gasteiger partial charge on any atom is -0.326 e. The van der Waals surface area contributed by atoms with Crippen LogP contribution in [0.15, 0.2) is 17.0 Å². The number of hydrogen-bond acceptors (Lipinski definition) is 3. The van der Waals surface area contributed by atoms with Gasteiger partial charge in [0.2, 0.25) is 10.0 Å². The van der Waals surface area contributed by atoms with Crippen LogP contribution < -0.4 is 5.73 Å². The Morgan fingerprint density at radius 3 is 2.55 bits per heavy atom. The second-order valence-electron chi connectivity index (χ2n) is 4.12. The minimum absolute atomic E-state index is 0.0169. The van der Waals surface area contributed by atoms with Gasteiger partial charge in [0.1, 0.15) is 4.90 Å². The van der Waals surface area contributed by atoms with Crippen molar-refractivity contribution in [2.24, 2.45) is 5.73 Å². The fraction of sp³-hybridized carbons (Fsp3) is 0.385. The van der Waals surface area contributed by atoms with Crippen molar-refractivity contribution in [3.8, 4) is 12.3 Å². The van der Waals surface area contributed by atoms with Gasteiger partial charge in [-0.25, -0.2) is 8.42 Å². The van der Waals surface area contributed by atoms with Gasteiger partial charge in [-0.1, -0.05) is 36.0 Å². The molecule has 0 aliphatic carbocycles. The van der Waals surface area contributed by atoms with E-state index >= 15 is 0 Å². The summed E-state index contributed by atoms with van der Waals surface area (Å²) in [5.74, 6) is 2.34. The SMILES string of the molecule is C#CCN(CCC)S(=O)(=O)c1cc(Cl)cc(CN)c1Cl. The van der Waals surface area contributed by atoms with Crippen molar-refractivity contribution in [2.45, 2.75) is 24.8 Å². The molecule has 0 atom stereocenters. The fourth-order valence-electron chi connectivity index (χ4n) is 1.73. The molecule has 0 saturated carbocycles. The molecular weight excluding hydrogens is 319 g/mol. The first-order chi connectivity index (χ1) is 9.38. The van der Waals surface area contributed by atoms with Gasteiger partial charge in [-0.2, -0.15) is 4.31 Å². The lowest BCUT2D eigenvalue weighted by atomic mass is 10.2. The summed E-state index contributed by atoms with van der Waals surface area (Å²) in [6.07, 6.45) is 5.87. The topological polar surface area (TPSA) is 63.4 Å². The second kappa shape index (κ2) is 7.30. The molecular formula is C13H16Cl2N2O2S. The number of benzene rings is 1. The normalized spacial score (nSPS) is 11.6. The highest BCUT2D eigenvalue weighted by Gasteiger charge is 2.27. The average Bonchev–Trinajstić information content (AvgIpc) is 2.40. The van der Waals surface area contributed by atoms with Crippen LogP contribution in [-0.4, -0.2) is 25.8 Å². The van der Waals surface area contributed by atoms with E-state index in [0.717, 1.165) is 0 Å². The molecule has 1 rings (SSSR count). The number of terminal acetylenes is 1. The monoisotopic (exact) mass is 334 g/mol. The summed E-state index contributed by atoms with van der Waals surface area (Å²) in [6, 6.07) is 2.87. The lowest BCUT2D eigenvalue weighted by molar-refractivity contribution is 0.445. The molecule has 2 N–H and O–H groups in total. The van der Waals surface area contributed by atoms with E-state index in [2.05, 4.69) is 5.92 Å². The summed E-state index contributed by atoms with van der Waals surface area (Å²) >= 11 is 12.0. The van der Waals surface area contributed by atoms with Crippen LogP contribution in [0.2, 0.25) is 10.0 Å². The standard InChI is InChI=1S/C13H16Cl2N2O2S/c1-3-5-17(6-4-2)20(18,19)12-8-11(14)7-10(9-16)13(12)15/h1,7-8H,4-6,9,16H2,2H3. The average molecular weight is 335 g/mol. The Morgan fingerprint density at radius 1 is 1.40 bits per heavy atom. The van der Waals surface area contributed by atoms with Gasteiger partial charge in [0.25, 0.3) is 0 Å². The number of nitrogens with two attached hydrogens (primary N) is 1. The summed E-state index contributed by atoms with van der Waals surface area (Å²) in [4.78, 5) is -0.0594. The molecule has 110 valence electrons. The third-order valence-electron chi connectivity index (χ3n) is 2.66. The number of hydrogen-bond donors (Lipinski definition) is 1. The van der Waals surface area contributed by atoms with Crippen molar-refractivity contribution in [1.82, 2.24) is 4.31 Å². The van der Waals surface area contributed by atoms with E-state index in [1.807, 2.05) is 6.92 Å². The van der Waals surface area contributed by atoms with E-state index in [1.165, 1.54) is 10.4 Å². The van der Waals surface area contributed by atoms with Gasteiger partial charge >= 0.3 is 0 Å². The largest absolute Gasteiger partial charge is 0.326 e. The van der Waals surface area contributed by atoms with E-state index in [0.29, 0.717) is 18.5 Å². The molecule has 0 heterocycles. The highest BCUT2D eigenvalue weighted by atomic mass is 35.5. The first-order valence-corrected chi connectivity index (χ1v) is 8.19. The van der Waals surface area contributed by atoms with Crippen LogP contribution >= 0.6 is 23.2 Å². The van der Waals surface area contributed by atoms with Crippen LogP contribution in [0, 0.1) is 12.3 Å². The third kappa shape index (κ3) is 3.66. The maximum atomic E-state index is 12.6. The van der Waals surface area contributed by atoms with Gasteiger partial charge in [-0.05, 0) is 24.1 Å². The number of nitrogens with zero attached hydrogens (tertiary/aromatic N) is 1. The van der Waals surface area contributed by atoms with Crippen LogP contribution in [0.3, 0.4) is 0 Å². The maximum Gasteiger partial charge on any atom is 0.245 e. The van der Waals surface area contributed by atoms with Gasteiger partial charge < -0.3 is 5.73 Å². The summed E-state index contributed by atoms with van der Waals surface area (Å²) in [5, 5.41) is 0.362. The zero-order valence-electron chi connectivity index (χ0n) is 11.1. The van der Waals surface area contributed by atoms with Gasteiger partial charge in [0, 0.05) is 18.1 Å². The predicted octanol–water partition coefficient (Wildman–Crippen LogP) is 2.49. The third-order valence-corrected chi connectivity index (χ3v) is 5.30. The van der Waals surface area contributed by atoms with E-state index in [1.54, 1.807) is 6.07 Å². The molecule has 4 nitrogen and oxygen atoms in total. The molecule has 0 spiro atoms. The first kappa shape index (κ1) is 17.3. The molecule has 7 heteroatoms. The van der Waals surface area contributed by atoms with Crippen LogP contribution in [0.5, 0.6) is 0 Å². The first-order valence-electron chi connectivity index (χ1n) is 6.00. The molecule has 0 amide bonds. The molecule has 0 aromatic heterocycles. The molecule has 0 aliphatic heterocycles. The van der Waals surface area contributed by atoms with Crippen LogP contribution in [-0.2, 0) is 16.6 Å². The Bertz CT molecular complexity index is 624. The van der Waals surface area contributed by atoms with Gasteiger partial charge in [0.05, 0.1) is 11.6 Å². The van der Waals surface area contributed by atoms with Crippen molar-refractivity contribution in [1.29, 1.82) is 0 Å². The van der Waals surface area contributed by atoms with Crippen molar-refractivity contribution in [3.63, 3.8) is 0 Å². The Labute approximate surface area is 129 Å². The van der Waals surface area contributed by atoms with Crippen molar-refractivity contribution < 1.29 is 8.42 Å². The Morgan fingerprint density at radius 2 is 2.05 bits per heavy atom. The molecule has 0 bridgehead atoms. The molecule has 20 heavy (non-hydrogen) atoms. The van der Waals surface area contributed by atoms with Gasteiger partial charge in [-0.15, -0.1) is 6.42 Å². The predicted molar refractivity (Wildman–Crippen MR) is 82.2 cm³/mol. The minimum atomic E-state index is -3.79. The van der Waals surface area contributed by atoms with Gasteiger partial charge in [-0.3, -0.25) is 0 Å². The van der Waals surface area contributed by atoms with Crippen molar-refractivity contribution in [2.75, 3.05) is 13.1 Å². The molecule has 1 aromatic rings. The summed E-state index contributed by atoms with van der Waals surface area (Å²) in [7, 11) is -3.79.